The van der Waals surface area contributed by atoms with E-state index in [1.54, 1.807) is 11.1 Å². The highest BCUT2D eigenvalue weighted by molar-refractivity contribution is 7.00. The van der Waals surface area contributed by atoms with Crippen molar-refractivity contribution in [1.29, 1.82) is 0 Å². The molecule has 0 aliphatic heterocycles. The summed E-state index contributed by atoms with van der Waals surface area (Å²) < 4.78 is 2.41. The normalized spacial score (nSPS) is 19.3. The van der Waals surface area contributed by atoms with Gasteiger partial charge in [-0.1, -0.05) is 72.0 Å². The van der Waals surface area contributed by atoms with Crippen molar-refractivity contribution in [3.8, 4) is 11.3 Å². The Bertz CT molecular complexity index is 1400. The van der Waals surface area contributed by atoms with Crippen LogP contribution in [-0.4, -0.2) is 8.07 Å². The number of fused-ring (bicyclic) bond motifs is 6. The van der Waals surface area contributed by atoms with E-state index in [9.17, 15) is 0 Å². The van der Waals surface area contributed by atoms with Crippen molar-refractivity contribution in [1.82, 2.24) is 0 Å². The molecule has 2 unspecified atom stereocenters. The van der Waals surface area contributed by atoms with Gasteiger partial charge in [0, 0.05) is 13.0 Å². The molecule has 33 heavy (non-hydrogen) atoms. The van der Waals surface area contributed by atoms with Crippen LogP contribution in [0.25, 0.3) is 22.0 Å². The number of nitrogens with zero attached hydrogens (tertiary/aromatic N) is 1. The maximum Gasteiger partial charge on any atom is 0.220 e. The van der Waals surface area contributed by atoms with E-state index in [1.807, 2.05) is 0 Å². The van der Waals surface area contributed by atoms with Crippen LogP contribution in [0.5, 0.6) is 0 Å². The van der Waals surface area contributed by atoms with E-state index >= 15 is 0 Å². The zero-order chi connectivity index (χ0) is 22.9. The van der Waals surface area contributed by atoms with Gasteiger partial charge in [-0.2, -0.15) is 4.57 Å². The fourth-order valence-electron chi connectivity index (χ4n) is 6.57. The maximum atomic E-state index is 2.55. The van der Waals surface area contributed by atoms with Crippen LogP contribution in [0.4, 0.5) is 0 Å². The number of pyridine rings is 1. The monoisotopic (exact) mass is 448 g/mol. The first-order valence-corrected chi connectivity index (χ1v) is 15.5. The van der Waals surface area contributed by atoms with Crippen molar-refractivity contribution in [3.05, 3.63) is 89.1 Å². The molecule has 166 valence electrons. The molecule has 0 spiro atoms. The van der Waals surface area contributed by atoms with Crippen LogP contribution in [0.2, 0.25) is 13.1 Å². The number of hydrogen-bond acceptors (Lipinski definition) is 0. The average Bonchev–Trinajstić information content (AvgIpc) is 3.42. The molecule has 0 amide bonds. The van der Waals surface area contributed by atoms with Gasteiger partial charge in [-0.25, -0.2) is 0 Å². The second kappa shape index (κ2) is 7.40. The molecule has 0 radical (unpaired) electrons. The largest absolute Gasteiger partial charge is 0.220 e. The van der Waals surface area contributed by atoms with Crippen molar-refractivity contribution in [2.24, 2.45) is 7.05 Å². The Kier molecular flexibility index (Phi) is 4.68. The maximum absolute atomic E-state index is 2.55. The van der Waals surface area contributed by atoms with E-state index in [-0.39, 0.29) is 0 Å². The lowest BCUT2D eigenvalue weighted by atomic mass is 9.87. The molecule has 1 aromatic heterocycles. The van der Waals surface area contributed by atoms with Gasteiger partial charge in [0.2, 0.25) is 5.69 Å². The number of aryl methyl sites for hydroxylation is 2. The van der Waals surface area contributed by atoms with Crippen molar-refractivity contribution >= 4 is 29.2 Å². The first-order chi connectivity index (χ1) is 15.8. The summed E-state index contributed by atoms with van der Waals surface area (Å²) in [6.45, 7) is 9.51. The SMILES string of the molecule is Cc1cc2c(cc1-c1c3ccc([Si](C)(C)c4ccccc4)cc3cc(C)[n+]1C)C1CCC2C1. The zero-order valence-electron chi connectivity index (χ0n) is 20.6. The Balaban J connectivity index is 1.54. The van der Waals surface area contributed by atoms with Crippen LogP contribution in [-0.2, 0) is 7.05 Å². The van der Waals surface area contributed by atoms with Gasteiger partial charge in [0.1, 0.15) is 15.1 Å². The molecule has 2 aliphatic rings. The lowest BCUT2D eigenvalue weighted by molar-refractivity contribution is -0.665. The molecule has 1 heterocycles. The average molecular weight is 449 g/mol. The topological polar surface area (TPSA) is 3.88 Å². The first kappa shape index (κ1) is 20.9. The highest BCUT2D eigenvalue weighted by atomic mass is 28.3. The van der Waals surface area contributed by atoms with Crippen LogP contribution in [0.3, 0.4) is 0 Å². The Morgan fingerprint density at radius 2 is 1.48 bits per heavy atom. The molecule has 2 heteroatoms. The Hall–Kier alpha value is -2.71. The first-order valence-electron chi connectivity index (χ1n) is 12.5. The summed E-state index contributed by atoms with van der Waals surface area (Å²) in [5.41, 5.74) is 8.81. The third kappa shape index (κ3) is 3.14. The number of hydrogen-bond donors (Lipinski definition) is 0. The summed E-state index contributed by atoms with van der Waals surface area (Å²) in [6.07, 6.45) is 4.15. The van der Waals surface area contributed by atoms with E-state index < -0.39 is 8.07 Å². The molecule has 1 nitrogen and oxygen atoms in total. The highest BCUT2D eigenvalue weighted by Gasteiger charge is 2.38. The lowest BCUT2D eigenvalue weighted by Gasteiger charge is -2.24. The second-order valence-electron chi connectivity index (χ2n) is 11.0. The third-order valence-electron chi connectivity index (χ3n) is 8.75. The number of rotatable bonds is 3. The Labute approximate surface area is 199 Å². The van der Waals surface area contributed by atoms with Crippen LogP contribution >= 0.6 is 0 Å². The minimum atomic E-state index is -1.74. The van der Waals surface area contributed by atoms with Gasteiger partial charge < -0.3 is 0 Å². The molecule has 2 atom stereocenters. The number of benzene rings is 3. The summed E-state index contributed by atoms with van der Waals surface area (Å²) >= 11 is 0. The van der Waals surface area contributed by atoms with Crippen LogP contribution < -0.4 is 14.9 Å². The Morgan fingerprint density at radius 3 is 2.21 bits per heavy atom. The number of aromatic nitrogens is 1. The molecule has 2 aliphatic carbocycles. The van der Waals surface area contributed by atoms with Gasteiger partial charge in [0.15, 0.2) is 5.69 Å². The minimum Gasteiger partial charge on any atom is -0.198 e. The Morgan fingerprint density at radius 1 is 0.788 bits per heavy atom. The molecule has 0 saturated heterocycles. The lowest BCUT2D eigenvalue weighted by Crippen LogP contribution is -2.52. The van der Waals surface area contributed by atoms with Gasteiger partial charge in [-0.3, -0.25) is 0 Å². The van der Waals surface area contributed by atoms with Crippen LogP contribution in [0.1, 0.15) is 53.5 Å². The van der Waals surface area contributed by atoms with Gasteiger partial charge >= 0.3 is 0 Å². The van der Waals surface area contributed by atoms with Gasteiger partial charge in [-0.15, -0.1) is 0 Å². The van der Waals surface area contributed by atoms with Crippen molar-refractivity contribution in [2.75, 3.05) is 0 Å². The molecule has 6 rings (SSSR count). The van der Waals surface area contributed by atoms with Crippen molar-refractivity contribution in [3.63, 3.8) is 0 Å². The smallest absolute Gasteiger partial charge is 0.198 e. The summed E-state index contributed by atoms with van der Waals surface area (Å²) in [5.74, 6) is 1.60. The van der Waals surface area contributed by atoms with Crippen molar-refractivity contribution < 1.29 is 4.57 Å². The zero-order valence-corrected chi connectivity index (χ0v) is 21.6. The van der Waals surface area contributed by atoms with Gasteiger partial charge in [0.05, 0.1) is 10.9 Å². The molecule has 3 aromatic carbocycles. The van der Waals surface area contributed by atoms with Gasteiger partial charge in [-0.05, 0) is 72.2 Å². The fourth-order valence-corrected chi connectivity index (χ4v) is 8.94. The van der Waals surface area contributed by atoms with E-state index in [4.69, 9.17) is 0 Å². The molecule has 1 saturated carbocycles. The molecule has 1 fully saturated rings. The van der Waals surface area contributed by atoms with E-state index in [2.05, 4.69) is 105 Å². The summed E-state index contributed by atoms with van der Waals surface area (Å²) in [7, 11) is 0.494. The molecular weight excluding hydrogens is 414 g/mol. The highest BCUT2D eigenvalue weighted by Crippen LogP contribution is 2.54. The fraction of sp³-hybridized carbons (Fsp3) is 0.323. The minimum absolute atomic E-state index is 0.787. The third-order valence-corrected chi connectivity index (χ3v) is 12.3. The van der Waals surface area contributed by atoms with Crippen LogP contribution in [0, 0.1) is 13.8 Å². The molecule has 2 bridgehead atoms. The van der Waals surface area contributed by atoms with Crippen molar-refractivity contribution in [2.45, 2.75) is 58.0 Å². The van der Waals surface area contributed by atoms with E-state index in [0.717, 1.165) is 11.8 Å². The molecule has 0 N–H and O–H groups in total. The van der Waals surface area contributed by atoms with Crippen LogP contribution in [0.15, 0.2) is 66.7 Å². The predicted molar refractivity (Wildman–Crippen MR) is 143 cm³/mol. The van der Waals surface area contributed by atoms with Gasteiger partial charge in [0.25, 0.3) is 0 Å². The van der Waals surface area contributed by atoms with E-state index in [1.165, 1.54) is 62.9 Å². The summed E-state index contributed by atoms with van der Waals surface area (Å²) in [5, 5.41) is 5.74. The quantitative estimate of drug-likeness (QED) is 0.262. The second-order valence-corrected chi connectivity index (χ2v) is 15.4. The van der Waals surface area contributed by atoms with E-state index in [0.29, 0.717) is 0 Å². The summed E-state index contributed by atoms with van der Waals surface area (Å²) in [6, 6.07) is 25.8. The molecular formula is C31H34NSi+. The summed E-state index contributed by atoms with van der Waals surface area (Å²) in [4.78, 5) is 0. The predicted octanol–water partition coefficient (Wildman–Crippen LogP) is 6.14. The standard InChI is InChI=1S/C31H34NSi/c1-20-15-29-22-11-12-23(17-22)30(29)19-28(20)31-27-14-13-26(18-24(27)16-21(2)32(31)3)33(4,5)25-9-7-6-8-10-25/h6-10,13-16,18-19,22-23H,11-12,17H2,1-5H3/q+1. The molecule has 4 aromatic rings.